The number of hydrogen-bond donors (Lipinski definition) is 0. The van der Waals surface area contributed by atoms with E-state index in [9.17, 15) is 0 Å². The minimum Gasteiger partial charge on any atom is -0.339 e. The van der Waals surface area contributed by atoms with Gasteiger partial charge in [-0.3, -0.25) is 0 Å². The predicted molar refractivity (Wildman–Crippen MR) is 88.4 cm³/mol. The van der Waals surface area contributed by atoms with E-state index in [0.717, 1.165) is 6.42 Å². The topological polar surface area (TPSA) is 159 Å². The van der Waals surface area contributed by atoms with Crippen molar-refractivity contribution in [3.63, 3.8) is 0 Å². The number of benzene rings is 1. The van der Waals surface area contributed by atoms with Crippen molar-refractivity contribution >= 4 is 0 Å². The molecule has 0 atom stereocenters. The SMILES string of the molecule is [C-]#[O+].[C-]#[O+].[C-]#[O+].[C-]#[O+].[C-]#[O+].[C-]#[O+].[C-]#[O+].[C-]#[O+].[CH2-]Cc1ccccc1.[CH]1[CH][CH][CH][CH]1.[Co].[Co].[Mo+2]. The maximum atomic E-state index is 7.50. The van der Waals surface area contributed by atoms with Crippen molar-refractivity contribution in [2.75, 3.05) is 0 Å². The van der Waals surface area contributed by atoms with E-state index in [-0.39, 0.29) is 54.6 Å². The van der Waals surface area contributed by atoms with Gasteiger partial charge in [-0.05, 0) is 32.1 Å². The molecule has 7 radical (unpaired) electrons. The molecule has 1 aromatic carbocycles. The van der Waals surface area contributed by atoms with Crippen molar-refractivity contribution in [2.45, 2.75) is 6.42 Å². The maximum Gasteiger partial charge on any atom is 2.00 e. The van der Waals surface area contributed by atoms with Crippen LogP contribution in [0.3, 0.4) is 0 Å². The van der Waals surface area contributed by atoms with Crippen LogP contribution in [0, 0.1) is 92.2 Å². The van der Waals surface area contributed by atoms with Gasteiger partial charge in [0.15, 0.2) is 0 Å². The molecule has 169 valence electrons. The largest absolute Gasteiger partial charge is 2.00 e. The zero-order chi connectivity index (χ0) is 25.4. The Hall–Kier alpha value is -1.16. The minimum absolute atomic E-state index is 0. The molecule has 32 heavy (non-hydrogen) atoms. The Bertz CT molecular complexity index is 438. The normalized spacial score (nSPS) is 6.53. The van der Waals surface area contributed by atoms with E-state index in [2.05, 4.69) is 72.3 Å². The first-order valence-electron chi connectivity index (χ1n) is 6.06. The third-order valence-electron chi connectivity index (χ3n) is 1.69. The zero-order valence-electron chi connectivity index (χ0n) is 16.0. The summed E-state index contributed by atoms with van der Waals surface area (Å²) in [4.78, 5) is 0. The molecule has 11 heteroatoms. The second-order valence-corrected chi connectivity index (χ2v) is 2.70. The molecule has 1 aromatic rings. The molecule has 0 unspecified atom stereocenters. The van der Waals surface area contributed by atoms with Crippen LogP contribution in [-0.4, -0.2) is 0 Å². The molecule has 1 saturated carbocycles. The van der Waals surface area contributed by atoms with E-state index in [1.807, 2.05) is 50.3 Å². The zero-order valence-corrected chi connectivity index (χ0v) is 20.1. The van der Waals surface area contributed by atoms with Crippen LogP contribution in [0.1, 0.15) is 5.56 Å². The summed E-state index contributed by atoms with van der Waals surface area (Å²) in [5.41, 5.74) is 1.30. The van der Waals surface area contributed by atoms with Gasteiger partial charge in [0.05, 0.1) is 0 Å². The van der Waals surface area contributed by atoms with E-state index in [4.69, 9.17) is 37.2 Å². The summed E-state index contributed by atoms with van der Waals surface area (Å²) in [6, 6.07) is 10.2. The third-order valence-corrected chi connectivity index (χ3v) is 1.69. The quantitative estimate of drug-likeness (QED) is 0.261. The molecule has 0 aromatic heterocycles. The van der Waals surface area contributed by atoms with Gasteiger partial charge in [-0.2, -0.15) is 6.42 Å². The van der Waals surface area contributed by atoms with Gasteiger partial charge in [0.2, 0.25) is 0 Å². The van der Waals surface area contributed by atoms with Crippen LogP contribution in [0.5, 0.6) is 0 Å². The summed E-state index contributed by atoms with van der Waals surface area (Å²) in [6.07, 6.45) is 10.9. The van der Waals surface area contributed by atoms with Gasteiger partial charge < -0.3 is 6.92 Å². The van der Waals surface area contributed by atoms with Crippen molar-refractivity contribution in [1.29, 1.82) is 0 Å². The average Bonchev–Trinajstić information content (AvgIpc) is 3.50. The number of rotatable bonds is 1. The summed E-state index contributed by atoms with van der Waals surface area (Å²) in [7, 11) is 0. The van der Waals surface area contributed by atoms with Crippen LogP contribution in [0.4, 0.5) is 0 Å². The first-order valence-corrected chi connectivity index (χ1v) is 6.06. The number of hydrogen-bond acceptors (Lipinski definition) is 0. The van der Waals surface area contributed by atoms with Crippen LogP contribution < -0.4 is 0 Å². The second kappa shape index (κ2) is 151. The van der Waals surface area contributed by atoms with Gasteiger partial charge in [-0.1, -0.05) is 35.9 Å². The fourth-order valence-corrected chi connectivity index (χ4v) is 0.965. The van der Waals surface area contributed by atoms with Gasteiger partial charge in [0.25, 0.3) is 0 Å². The molecule has 1 aliphatic rings. The van der Waals surface area contributed by atoms with Crippen LogP contribution in [0.15, 0.2) is 30.3 Å². The Morgan fingerprint density at radius 3 is 0.781 bits per heavy atom. The first-order chi connectivity index (χ1) is 14.4. The van der Waals surface area contributed by atoms with E-state index in [1.165, 1.54) is 5.56 Å². The molecule has 0 heterocycles. The van der Waals surface area contributed by atoms with Crippen molar-refractivity contribution < 1.29 is 91.8 Å². The van der Waals surface area contributed by atoms with Crippen molar-refractivity contribution in [1.82, 2.24) is 0 Å². The van der Waals surface area contributed by atoms with Gasteiger partial charge in [-0.15, -0.1) is 0 Å². The molecular weight excluding hydrogens is 594 g/mol. The summed E-state index contributed by atoms with van der Waals surface area (Å²) >= 11 is 0. The van der Waals surface area contributed by atoms with Crippen LogP contribution >= 0.6 is 0 Å². The summed E-state index contributed by atoms with van der Waals surface area (Å²) < 4.78 is 60.0. The second-order valence-electron chi connectivity index (χ2n) is 2.70. The first kappa shape index (κ1) is 69.8. The fraction of sp³-hybridized carbons (Fsp3) is 0.0476. The third kappa shape index (κ3) is 117. The Kier molecular flexibility index (Phi) is 328. The molecular formula is C21H14Co2MoO8+. The van der Waals surface area contributed by atoms with Crippen molar-refractivity contribution in [3.8, 4) is 0 Å². The molecule has 0 aliphatic heterocycles. The van der Waals surface area contributed by atoms with E-state index >= 15 is 0 Å². The van der Waals surface area contributed by atoms with E-state index < -0.39 is 0 Å². The van der Waals surface area contributed by atoms with Gasteiger partial charge >= 0.3 is 111 Å². The standard InChI is InChI=1S/C8H9.C5H5.8CO.2Co.Mo/c1-2-8-6-4-3-5-7-8;1-2-4-5-3-1;8*1-2;;;/h3-7H,1-2H2;1-5H;;;;;;;;;;;/q-1;;;;;;;;;;;;+2. The molecule has 8 nitrogen and oxygen atoms in total. The molecule has 0 amide bonds. The maximum absolute atomic E-state index is 7.50. The van der Waals surface area contributed by atoms with Crippen molar-refractivity contribution in [3.05, 3.63) is 128 Å². The molecule has 0 spiro atoms. The predicted octanol–water partition coefficient (Wildman–Crippen LogP) is 2.78. The molecule has 0 bridgehead atoms. The smallest absolute Gasteiger partial charge is 0.339 e. The van der Waals surface area contributed by atoms with Gasteiger partial charge in [0.1, 0.15) is 0 Å². The molecule has 2 rings (SSSR count). The Morgan fingerprint density at radius 1 is 0.469 bits per heavy atom. The molecule has 0 saturated heterocycles. The van der Waals surface area contributed by atoms with Crippen LogP contribution in [-0.2, 0) is 98.3 Å². The van der Waals surface area contributed by atoms with Gasteiger partial charge in [-0.25, -0.2) is 0 Å². The van der Waals surface area contributed by atoms with Gasteiger partial charge in [0, 0.05) is 33.6 Å². The molecule has 1 fully saturated rings. The molecule has 0 N–H and O–H groups in total. The fourth-order valence-electron chi connectivity index (χ4n) is 0.965. The van der Waals surface area contributed by atoms with Crippen LogP contribution in [0.25, 0.3) is 0 Å². The summed E-state index contributed by atoms with van der Waals surface area (Å²) in [5, 5.41) is 0. The monoisotopic (exact) mass is 610 g/mol. The Labute approximate surface area is 225 Å². The Morgan fingerprint density at radius 2 is 0.656 bits per heavy atom. The summed E-state index contributed by atoms with van der Waals surface area (Å²) in [6.45, 7) is 39.8. The molecule has 1 aliphatic carbocycles. The minimum atomic E-state index is 0. The van der Waals surface area contributed by atoms with Crippen molar-refractivity contribution in [2.24, 2.45) is 0 Å². The van der Waals surface area contributed by atoms with Crippen LogP contribution in [0.2, 0.25) is 0 Å². The average molecular weight is 608 g/mol. The summed E-state index contributed by atoms with van der Waals surface area (Å²) in [5.74, 6) is 0. The Balaban J connectivity index is -0.0000000183. The van der Waals surface area contributed by atoms with E-state index in [1.54, 1.807) is 0 Å². The van der Waals surface area contributed by atoms with E-state index in [0.29, 0.717) is 0 Å².